The maximum atomic E-state index is 6.03. The van der Waals surface area contributed by atoms with E-state index < -0.39 is 5.25 Å². The van der Waals surface area contributed by atoms with Gasteiger partial charge in [-0.1, -0.05) is 22.8 Å². The van der Waals surface area contributed by atoms with Gasteiger partial charge in [-0.15, -0.1) is 10.2 Å². The average molecular weight is 402 g/mol. The lowest BCUT2D eigenvalue weighted by atomic mass is 10.2. The predicted molar refractivity (Wildman–Crippen MR) is 103 cm³/mol. The third kappa shape index (κ3) is 3.24. The Morgan fingerprint density at radius 2 is 2.11 bits per heavy atom. The van der Waals surface area contributed by atoms with E-state index in [1.807, 2.05) is 41.4 Å². The zero-order valence-corrected chi connectivity index (χ0v) is 16.3. The molecule has 8 nitrogen and oxygen atoms in total. The lowest BCUT2D eigenvalue weighted by Crippen LogP contribution is -2.09. The Kier molecular flexibility index (Phi) is 4.71. The summed E-state index contributed by atoms with van der Waals surface area (Å²) in [5.41, 5.74) is 0.743. The van der Waals surface area contributed by atoms with Gasteiger partial charge in [0.1, 0.15) is 5.25 Å². The topological polar surface area (TPSA) is 87.5 Å². The van der Waals surface area contributed by atoms with E-state index in [4.69, 9.17) is 16.1 Å². The highest BCUT2D eigenvalue weighted by Crippen LogP contribution is 2.30. The van der Waals surface area contributed by atoms with Crippen LogP contribution in [0.2, 0.25) is 5.02 Å². The monoisotopic (exact) mass is 401 g/mol. The van der Waals surface area contributed by atoms with Gasteiger partial charge in [0.2, 0.25) is 0 Å². The summed E-state index contributed by atoms with van der Waals surface area (Å²) in [4.78, 5) is 8.79. The Morgan fingerprint density at radius 3 is 2.81 bits per heavy atom. The van der Waals surface area contributed by atoms with Gasteiger partial charge < -0.3 is 13.7 Å². The molecule has 0 aliphatic rings. The predicted octanol–water partition coefficient (Wildman–Crippen LogP) is 3.42. The molecule has 138 valence electrons. The Labute approximate surface area is 165 Å². The first-order valence-corrected chi connectivity index (χ1v) is 9.16. The van der Waals surface area contributed by atoms with E-state index in [0.717, 1.165) is 11.4 Å². The van der Waals surface area contributed by atoms with Crippen LogP contribution < -0.4 is 0 Å². The number of halogens is 1. The van der Waals surface area contributed by atoms with Crippen LogP contribution in [0.15, 0.2) is 41.2 Å². The molecule has 0 saturated carbocycles. The minimum atomic E-state index is -0.497. The van der Waals surface area contributed by atoms with Gasteiger partial charge in [-0.2, -0.15) is 17.6 Å². The highest BCUT2D eigenvalue weighted by molar-refractivity contribution is 7.80. The van der Waals surface area contributed by atoms with Crippen LogP contribution in [0.5, 0.6) is 0 Å². The minimum absolute atomic E-state index is 0.374. The molecule has 27 heavy (non-hydrogen) atoms. The molecule has 0 bridgehead atoms. The number of nitrogens with zero attached hydrogens (tertiary/aromatic N) is 7. The van der Waals surface area contributed by atoms with Gasteiger partial charge in [0.05, 0.1) is 0 Å². The summed E-state index contributed by atoms with van der Waals surface area (Å²) in [7, 11) is 1.91. The van der Waals surface area contributed by atoms with E-state index in [-0.39, 0.29) is 0 Å². The van der Waals surface area contributed by atoms with E-state index in [2.05, 4.69) is 38.0 Å². The van der Waals surface area contributed by atoms with Crippen molar-refractivity contribution in [2.45, 2.75) is 18.7 Å². The number of hydrogen-bond donors (Lipinski definition) is 1. The second kappa shape index (κ2) is 7.16. The van der Waals surface area contributed by atoms with Gasteiger partial charge >= 0.3 is 0 Å². The van der Waals surface area contributed by atoms with Crippen LogP contribution in [0.3, 0.4) is 0 Å². The van der Waals surface area contributed by atoms with Crippen molar-refractivity contribution in [3.8, 4) is 23.1 Å². The summed E-state index contributed by atoms with van der Waals surface area (Å²) >= 11 is 10.7. The maximum Gasteiger partial charge on any atom is 0.258 e. The normalized spacial score (nSPS) is 12.4. The molecule has 3 heterocycles. The number of hydrogen-bond acceptors (Lipinski definition) is 7. The molecule has 4 rings (SSSR count). The van der Waals surface area contributed by atoms with Crippen molar-refractivity contribution in [2.75, 3.05) is 0 Å². The van der Waals surface area contributed by atoms with Crippen LogP contribution in [0, 0.1) is 0 Å². The summed E-state index contributed by atoms with van der Waals surface area (Å²) in [5.74, 6) is 2.79. The summed E-state index contributed by atoms with van der Waals surface area (Å²) in [6.45, 7) is 2.66. The van der Waals surface area contributed by atoms with Crippen LogP contribution in [0.25, 0.3) is 23.1 Å². The third-order valence-corrected chi connectivity index (χ3v) is 4.82. The Bertz CT molecular complexity index is 1090. The first kappa shape index (κ1) is 17.7. The van der Waals surface area contributed by atoms with Crippen molar-refractivity contribution in [3.05, 3.63) is 53.3 Å². The molecule has 0 aliphatic heterocycles. The summed E-state index contributed by atoms with van der Waals surface area (Å²) in [5, 5.41) is 12.7. The quantitative estimate of drug-likeness (QED) is 0.515. The summed E-state index contributed by atoms with van der Waals surface area (Å²) in [6.07, 6.45) is 3.58. The first-order valence-electron chi connectivity index (χ1n) is 8.27. The molecule has 3 aromatic heterocycles. The molecule has 10 heteroatoms. The van der Waals surface area contributed by atoms with Crippen LogP contribution >= 0.6 is 24.2 Å². The van der Waals surface area contributed by atoms with Gasteiger partial charge in [0, 0.05) is 36.6 Å². The van der Waals surface area contributed by atoms with Crippen molar-refractivity contribution in [2.24, 2.45) is 7.05 Å². The molecular formula is C17H16ClN7OS. The molecule has 0 saturated heterocycles. The molecule has 0 radical (unpaired) electrons. The van der Waals surface area contributed by atoms with E-state index >= 15 is 0 Å². The Balaban J connectivity index is 1.69. The molecule has 1 unspecified atom stereocenters. The summed E-state index contributed by atoms with van der Waals surface area (Å²) in [6, 6.07) is 7.23. The molecule has 0 spiro atoms. The lowest BCUT2D eigenvalue weighted by molar-refractivity contribution is 0.422. The number of imidazole rings is 1. The lowest BCUT2D eigenvalue weighted by Gasteiger charge is -2.10. The fourth-order valence-electron chi connectivity index (χ4n) is 2.78. The molecule has 0 N–H and O–H groups in total. The Hall–Kier alpha value is -2.65. The zero-order chi connectivity index (χ0) is 19.0. The van der Waals surface area contributed by atoms with Crippen molar-refractivity contribution in [3.63, 3.8) is 0 Å². The third-order valence-electron chi connectivity index (χ3n) is 4.12. The van der Waals surface area contributed by atoms with Crippen LogP contribution in [0.4, 0.5) is 0 Å². The fourth-order valence-corrected chi connectivity index (χ4v) is 3.26. The van der Waals surface area contributed by atoms with Gasteiger partial charge in [-0.25, -0.2) is 4.98 Å². The van der Waals surface area contributed by atoms with Crippen LogP contribution in [-0.4, -0.2) is 34.5 Å². The highest BCUT2D eigenvalue weighted by Gasteiger charge is 2.25. The number of rotatable bonds is 5. The zero-order valence-electron chi connectivity index (χ0n) is 14.6. The Morgan fingerprint density at radius 1 is 1.26 bits per heavy atom. The molecule has 0 aliphatic carbocycles. The molecule has 4 aromatic rings. The smallest absolute Gasteiger partial charge is 0.258 e. The maximum absolute atomic E-state index is 6.03. The standard InChI is InChI=1S/C17H16ClN7OS/c1-3-25-14(21-22-16(25)15-19-7-8-24(15)2)12(27)13-20-17(26-23-13)10-5-4-6-11(18)9-10/h4-9,12,27H,3H2,1-2H3. The van der Waals surface area contributed by atoms with Gasteiger partial charge in [-0.05, 0) is 25.1 Å². The molecular weight excluding hydrogens is 386 g/mol. The molecule has 0 fully saturated rings. The van der Waals surface area contributed by atoms with Crippen molar-refractivity contribution in [1.29, 1.82) is 0 Å². The van der Waals surface area contributed by atoms with E-state index in [1.165, 1.54) is 0 Å². The SMILES string of the molecule is CCn1c(-c2nccn2C)nnc1C(S)c1noc(-c2cccc(Cl)c2)n1. The van der Waals surface area contributed by atoms with Gasteiger partial charge in [-0.3, -0.25) is 0 Å². The van der Waals surface area contributed by atoms with E-state index in [9.17, 15) is 0 Å². The van der Waals surface area contributed by atoms with Gasteiger partial charge in [0.25, 0.3) is 5.89 Å². The molecule has 1 aromatic carbocycles. The first-order chi connectivity index (χ1) is 13.1. The van der Waals surface area contributed by atoms with Crippen LogP contribution in [0.1, 0.15) is 23.8 Å². The average Bonchev–Trinajstić information content (AvgIpc) is 3.39. The molecule has 0 amide bonds. The summed E-state index contributed by atoms with van der Waals surface area (Å²) < 4.78 is 9.21. The van der Waals surface area contributed by atoms with Crippen molar-refractivity contribution in [1.82, 2.24) is 34.5 Å². The van der Waals surface area contributed by atoms with Crippen molar-refractivity contribution < 1.29 is 4.52 Å². The number of thiol groups is 1. The second-order valence-corrected chi connectivity index (χ2v) is 6.81. The van der Waals surface area contributed by atoms with Crippen LogP contribution in [-0.2, 0) is 13.6 Å². The second-order valence-electron chi connectivity index (χ2n) is 5.86. The fraction of sp³-hybridized carbons (Fsp3) is 0.235. The number of aryl methyl sites for hydroxylation is 1. The minimum Gasteiger partial charge on any atom is -0.334 e. The van der Waals surface area contributed by atoms with E-state index in [0.29, 0.717) is 34.9 Å². The number of aromatic nitrogens is 7. The van der Waals surface area contributed by atoms with E-state index in [1.54, 1.807) is 18.3 Å². The largest absolute Gasteiger partial charge is 0.334 e. The highest BCUT2D eigenvalue weighted by atomic mass is 35.5. The van der Waals surface area contributed by atoms with Crippen molar-refractivity contribution >= 4 is 24.2 Å². The number of benzene rings is 1. The molecule has 1 atom stereocenters. The van der Waals surface area contributed by atoms with Gasteiger partial charge in [0.15, 0.2) is 23.3 Å².